The summed E-state index contributed by atoms with van der Waals surface area (Å²) in [7, 11) is 0. The van der Waals surface area contributed by atoms with Crippen molar-refractivity contribution in [3.63, 3.8) is 0 Å². The van der Waals surface area contributed by atoms with Gasteiger partial charge in [0.25, 0.3) is 0 Å². The summed E-state index contributed by atoms with van der Waals surface area (Å²) in [5.74, 6) is 0. The van der Waals surface area contributed by atoms with E-state index in [0.717, 1.165) is 33.4 Å². The van der Waals surface area contributed by atoms with Gasteiger partial charge in [-0.25, -0.2) is 0 Å². The summed E-state index contributed by atoms with van der Waals surface area (Å²) < 4.78 is 8.13. The van der Waals surface area contributed by atoms with E-state index >= 15 is 0 Å². The molecule has 7 heterocycles. The largest absolute Gasteiger partial charge is 0.416 e. The molecule has 1 fully saturated rings. The van der Waals surface area contributed by atoms with E-state index in [2.05, 4.69) is 175 Å². The molecule has 0 aliphatic carbocycles. The average Bonchev–Trinajstić information content (AvgIpc) is 3.34. The van der Waals surface area contributed by atoms with E-state index in [1.165, 1.54) is 66.8 Å². The van der Waals surface area contributed by atoms with E-state index in [9.17, 15) is 0 Å². The number of pyridine rings is 3. The summed E-state index contributed by atoms with van der Waals surface area (Å²) in [6.07, 6.45) is 11.4. The van der Waals surface area contributed by atoms with Crippen LogP contribution in [0.1, 0.15) is 0 Å². The topological polar surface area (TPSA) is 48.4 Å². The maximum absolute atomic E-state index is 4.49. The lowest BCUT2D eigenvalue weighted by Crippen LogP contribution is -2.88. The Labute approximate surface area is 349 Å². The molecule has 3 aromatic heterocycles. The predicted octanol–water partition coefficient (Wildman–Crippen LogP) is 8.83. The third-order valence-electron chi connectivity index (χ3n) is 13.0. The molecule has 0 amide bonds. The third-order valence-corrected chi connectivity index (χ3v) is 13.0. The first kappa shape index (κ1) is 33.3. The van der Waals surface area contributed by atoms with Crippen LogP contribution < -0.4 is 30.6 Å². The molecule has 0 radical (unpaired) electrons. The zero-order valence-corrected chi connectivity index (χ0v) is 32.5. The van der Waals surface area contributed by atoms with Crippen LogP contribution in [-0.2, 0) is 0 Å². The van der Waals surface area contributed by atoms with Gasteiger partial charge in [-0.15, -0.1) is 0 Å². The number of aromatic nitrogens is 3. The van der Waals surface area contributed by atoms with E-state index in [4.69, 9.17) is 0 Å². The zero-order valence-electron chi connectivity index (χ0n) is 32.5. The van der Waals surface area contributed by atoms with Gasteiger partial charge < -0.3 is 14.2 Å². The lowest BCUT2D eigenvalue weighted by Gasteiger charge is -2.61. The van der Waals surface area contributed by atoms with Gasteiger partial charge in [0.1, 0.15) is 0 Å². The molecule has 0 atom stereocenters. The Morgan fingerprint density at radius 1 is 0.283 bits per heavy atom. The fraction of sp³-hybridized carbons (Fsp3) is 0. The minimum atomic E-state index is -0.146. The molecule has 0 N–H and O–H groups in total. The van der Waals surface area contributed by atoms with Gasteiger partial charge in [0.2, 0.25) is 0 Å². The van der Waals surface area contributed by atoms with E-state index in [1.54, 1.807) is 0 Å². The van der Waals surface area contributed by atoms with E-state index in [-0.39, 0.29) is 20.9 Å². The summed E-state index contributed by atoms with van der Waals surface area (Å²) in [6.45, 7) is -0.437. The first-order chi connectivity index (χ1) is 29.8. The molecule has 0 unspecified atom stereocenters. The van der Waals surface area contributed by atoms with E-state index in [1.807, 2.05) is 55.4 Å². The molecule has 0 bridgehead atoms. The summed E-state index contributed by atoms with van der Waals surface area (Å²) >= 11 is 0. The van der Waals surface area contributed by atoms with Crippen molar-refractivity contribution in [2.75, 3.05) is 14.2 Å². The summed E-state index contributed by atoms with van der Waals surface area (Å²) in [4.78, 5) is 13.5. The van der Waals surface area contributed by atoms with Crippen LogP contribution in [0.4, 0.5) is 17.1 Å². The third kappa shape index (κ3) is 4.77. The van der Waals surface area contributed by atoms with Gasteiger partial charge in [-0.1, -0.05) is 109 Å². The Balaban J connectivity index is 1.11. The van der Waals surface area contributed by atoms with Crippen molar-refractivity contribution in [2.24, 2.45) is 0 Å². The molecule has 0 saturated carbocycles. The number of hydrogen-bond donors (Lipinski definition) is 0. The van der Waals surface area contributed by atoms with Gasteiger partial charge in [-0.2, -0.15) is 0 Å². The van der Waals surface area contributed by atoms with E-state index in [0.29, 0.717) is 0 Å². The second-order valence-corrected chi connectivity index (χ2v) is 16.0. The van der Waals surface area contributed by atoms with Crippen molar-refractivity contribution in [1.29, 1.82) is 0 Å². The fourth-order valence-corrected chi connectivity index (χ4v) is 10.5. The SMILES string of the molecule is c1cncc(-c2ccc3c(c2)-c2ccccc2N2B3N3B(c4ccc(-c5cccnc5)cc4-c4ccccc43)N3B2c2ccc(-c4cccnc4)cc2-c2ccccc23)c1. The molecule has 9 aromatic rings. The molecule has 1 saturated heterocycles. The van der Waals surface area contributed by atoms with Crippen LogP contribution in [0.25, 0.3) is 66.8 Å². The van der Waals surface area contributed by atoms with Crippen LogP contribution >= 0.6 is 0 Å². The van der Waals surface area contributed by atoms with Crippen molar-refractivity contribution < 1.29 is 0 Å². The van der Waals surface area contributed by atoms with Gasteiger partial charge in [-0.05, 0) is 104 Å². The Morgan fingerprint density at radius 3 is 0.900 bits per heavy atom. The molecule has 60 heavy (non-hydrogen) atoms. The van der Waals surface area contributed by atoms with Crippen LogP contribution in [0.15, 0.2) is 201 Å². The number of nitrogens with zero attached hydrogens (tertiary/aromatic N) is 6. The highest BCUT2D eigenvalue weighted by atomic mass is 15.3. The van der Waals surface area contributed by atoms with Crippen LogP contribution in [0.3, 0.4) is 0 Å². The standard InChI is InChI=1S/C51H33B3N6/c1-4-16-49-40(13-1)43-28-34(37-10-7-25-55-31-37)19-22-46(43)52-58(49)53-47-23-20-35(38-11-8-26-56-32-38)29-44(47)41-14-3-6-18-51(41)60(53)54-48-24-21-36(39-12-9-27-57-33-39)30-45(48)42-15-2-5-17-50(42)59(52)54/h1-33H. The van der Waals surface area contributed by atoms with E-state index < -0.39 is 0 Å². The van der Waals surface area contributed by atoms with Crippen molar-refractivity contribution in [3.05, 3.63) is 201 Å². The molecule has 4 aliphatic heterocycles. The molecular weight excluding hydrogens is 729 g/mol. The Hall–Kier alpha value is -7.64. The zero-order chi connectivity index (χ0) is 39.3. The molecule has 6 nitrogen and oxygen atoms in total. The van der Waals surface area contributed by atoms with Crippen molar-refractivity contribution in [3.8, 4) is 66.8 Å². The number of rotatable bonds is 3. The highest BCUT2D eigenvalue weighted by Gasteiger charge is 2.61. The van der Waals surface area contributed by atoms with Crippen molar-refractivity contribution in [2.45, 2.75) is 0 Å². The fourth-order valence-electron chi connectivity index (χ4n) is 10.5. The normalized spacial score (nSPS) is 13.8. The number of benzene rings is 6. The second kappa shape index (κ2) is 12.9. The van der Waals surface area contributed by atoms with Crippen LogP contribution in [0.2, 0.25) is 0 Å². The molecule has 276 valence electrons. The number of fused-ring (bicyclic) bond motifs is 21. The minimum Gasteiger partial charge on any atom is -0.416 e. The number of anilines is 3. The molecular formula is C51H33B3N6. The van der Waals surface area contributed by atoms with Gasteiger partial charge in [-0.3, -0.25) is 15.0 Å². The van der Waals surface area contributed by atoms with Gasteiger partial charge >= 0.3 is 20.9 Å². The number of para-hydroxylation sites is 3. The summed E-state index contributed by atoms with van der Waals surface area (Å²) in [6, 6.07) is 60.7. The van der Waals surface area contributed by atoms with Crippen LogP contribution in [0.5, 0.6) is 0 Å². The highest BCUT2D eigenvalue weighted by molar-refractivity contribution is 7.16. The van der Waals surface area contributed by atoms with Crippen molar-refractivity contribution in [1.82, 2.24) is 15.0 Å². The first-order valence-electron chi connectivity index (χ1n) is 20.6. The predicted molar refractivity (Wildman–Crippen MR) is 249 cm³/mol. The summed E-state index contributed by atoms with van der Waals surface area (Å²) in [5.41, 5.74) is 21.7. The highest BCUT2D eigenvalue weighted by Crippen LogP contribution is 2.49. The lowest BCUT2D eigenvalue weighted by atomic mass is 9.33. The first-order valence-corrected chi connectivity index (χ1v) is 20.6. The smallest absolute Gasteiger partial charge is 0.389 e. The molecule has 9 heteroatoms. The lowest BCUT2D eigenvalue weighted by molar-refractivity contribution is 1.27. The molecule has 4 aliphatic rings. The molecule has 0 spiro atoms. The average molecular weight is 762 g/mol. The second-order valence-electron chi connectivity index (χ2n) is 16.0. The quantitative estimate of drug-likeness (QED) is 0.168. The molecule has 13 rings (SSSR count). The van der Waals surface area contributed by atoms with Crippen LogP contribution in [-0.4, -0.2) is 35.9 Å². The van der Waals surface area contributed by atoms with Crippen molar-refractivity contribution >= 4 is 54.4 Å². The maximum Gasteiger partial charge on any atom is 0.389 e. The summed E-state index contributed by atoms with van der Waals surface area (Å²) in [5, 5.41) is 0. The maximum atomic E-state index is 4.49. The Kier molecular flexibility index (Phi) is 7.19. The van der Waals surface area contributed by atoms with Crippen LogP contribution in [0, 0.1) is 0 Å². The van der Waals surface area contributed by atoms with Gasteiger partial charge in [0.15, 0.2) is 0 Å². The monoisotopic (exact) mass is 762 g/mol. The number of hydrogen-bond acceptors (Lipinski definition) is 6. The Bertz CT molecular complexity index is 2810. The molecule has 6 aromatic carbocycles. The minimum absolute atomic E-state index is 0.146. The van der Waals surface area contributed by atoms with Gasteiger partial charge in [0, 0.05) is 87.6 Å². The van der Waals surface area contributed by atoms with Gasteiger partial charge in [0.05, 0.1) is 0 Å². The Morgan fingerprint density at radius 2 is 0.600 bits per heavy atom.